The van der Waals surface area contributed by atoms with Crippen molar-refractivity contribution in [2.75, 3.05) is 11.5 Å². The Labute approximate surface area is 93.1 Å². The summed E-state index contributed by atoms with van der Waals surface area (Å²) < 4.78 is 0. The molecule has 0 spiro atoms. The fraction of sp³-hybridized carbons (Fsp3) is 0.600. The maximum absolute atomic E-state index is 11.3. The van der Waals surface area contributed by atoms with E-state index in [0.717, 1.165) is 12.8 Å². The Bertz CT molecular complexity index is 263. The summed E-state index contributed by atoms with van der Waals surface area (Å²) in [4.78, 5) is 22.1. The number of carboxylic acid groups (broad SMARTS) is 1. The summed E-state index contributed by atoms with van der Waals surface area (Å²) >= 11 is 1.42. The lowest BCUT2D eigenvalue weighted by Gasteiger charge is -2.12. The van der Waals surface area contributed by atoms with Crippen LogP contribution in [0.3, 0.4) is 0 Å². The standard InChI is InChI=1S/C10H15NO3S/c1-2-5-15-6-8(12)11-9(10(13)14)7-3-4-7/h2,7,9H,1,3-6H2,(H,11,12)(H,13,14). The van der Waals surface area contributed by atoms with Crippen molar-refractivity contribution < 1.29 is 14.7 Å². The molecule has 0 aliphatic heterocycles. The molecular weight excluding hydrogens is 214 g/mol. The van der Waals surface area contributed by atoms with Crippen LogP contribution in [-0.2, 0) is 9.59 Å². The van der Waals surface area contributed by atoms with E-state index in [1.807, 2.05) is 0 Å². The fourth-order valence-electron chi connectivity index (χ4n) is 1.26. The molecule has 0 aromatic heterocycles. The molecule has 0 aromatic carbocycles. The molecule has 1 atom stereocenters. The summed E-state index contributed by atoms with van der Waals surface area (Å²) in [5, 5.41) is 11.4. The summed E-state index contributed by atoms with van der Waals surface area (Å²) in [6.45, 7) is 3.54. The number of hydrogen-bond donors (Lipinski definition) is 2. The van der Waals surface area contributed by atoms with E-state index < -0.39 is 12.0 Å². The zero-order valence-electron chi connectivity index (χ0n) is 8.44. The van der Waals surface area contributed by atoms with Gasteiger partial charge in [0.05, 0.1) is 5.75 Å². The van der Waals surface area contributed by atoms with Crippen molar-refractivity contribution >= 4 is 23.6 Å². The van der Waals surface area contributed by atoms with Crippen LogP contribution in [0.5, 0.6) is 0 Å². The molecule has 4 nitrogen and oxygen atoms in total. The van der Waals surface area contributed by atoms with Gasteiger partial charge in [0.15, 0.2) is 0 Å². The van der Waals surface area contributed by atoms with Gasteiger partial charge in [0.25, 0.3) is 0 Å². The van der Waals surface area contributed by atoms with Crippen LogP contribution < -0.4 is 5.32 Å². The van der Waals surface area contributed by atoms with Gasteiger partial charge in [-0.15, -0.1) is 18.3 Å². The van der Waals surface area contributed by atoms with Gasteiger partial charge < -0.3 is 10.4 Å². The largest absolute Gasteiger partial charge is 0.480 e. The maximum Gasteiger partial charge on any atom is 0.326 e. The number of carbonyl (C=O) groups excluding carboxylic acids is 1. The Balaban J connectivity index is 2.27. The van der Waals surface area contributed by atoms with Gasteiger partial charge in [-0.25, -0.2) is 4.79 Å². The highest BCUT2D eigenvalue weighted by Gasteiger charge is 2.37. The fourth-order valence-corrected chi connectivity index (χ4v) is 1.81. The van der Waals surface area contributed by atoms with Crippen LogP contribution >= 0.6 is 11.8 Å². The van der Waals surface area contributed by atoms with Crippen molar-refractivity contribution in [2.24, 2.45) is 5.92 Å². The molecule has 1 saturated carbocycles. The van der Waals surface area contributed by atoms with Crippen LogP contribution in [0, 0.1) is 5.92 Å². The second-order valence-corrected chi connectivity index (χ2v) is 4.55. The van der Waals surface area contributed by atoms with Crippen LogP contribution in [0.1, 0.15) is 12.8 Å². The van der Waals surface area contributed by atoms with Crippen LogP contribution in [0.2, 0.25) is 0 Å². The van der Waals surface area contributed by atoms with Gasteiger partial charge in [-0.05, 0) is 18.8 Å². The summed E-state index contributed by atoms with van der Waals surface area (Å²) in [5.74, 6) is -0.00604. The predicted molar refractivity (Wildman–Crippen MR) is 59.8 cm³/mol. The molecule has 1 aliphatic carbocycles. The highest BCUT2D eigenvalue weighted by Crippen LogP contribution is 2.32. The van der Waals surface area contributed by atoms with Crippen molar-refractivity contribution in [3.05, 3.63) is 12.7 Å². The zero-order chi connectivity index (χ0) is 11.3. The summed E-state index contributed by atoms with van der Waals surface area (Å²) in [7, 11) is 0. The molecule has 5 heteroatoms. The van der Waals surface area contributed by atoms with E-state index in [4.69, 9.17) is 5.11 Å². The number of hydrogen-bond acceptors (Lipinski definition) is 3. The molecule has 2 N–H and O–H groups in total. The number of amides is 1. The number of thioether (sulfide) groups is 1. The molecule has 0 saturated heterocycles. The van der Waals surface area contributed by atoms with Crippen LogP contribution in [0.4, 0.5) is 0 Å². The molecule has 1 amide bonds. The van der Waals surface area contributed by atoms with Crippen molar-refractivity contribution in [3.8, 4) is 0 Å². The third-order valence-electron chi connectivity index (χ3n) is 2.14. The quantitative estimate of drug-likeness (QED) is 0.502. The van der Waals surface area contributed by atoms with Crippen LogP contribution in [0.25, 0.3) is 0 Å². The number of aliphatic carboxylic acids is 1. The second-order valence-electron chi connectivity index (χ2n) is 3.52. The average Bonchev–Trinajstić information content (AvgIpc) is 2.97. The summed E-state index contributed by atoms with van der Waals surface area (Å²) in [6.07, 6.45) is 3.52. The first kappa shape index (κ1) is 12.1. The van der Waals surface area contributed by atoms with Gasteiger partial charge in [0.2, 0.25) is 5.91 Å². The maximum atomic E-state index is 11.3. The predicted octanol–water partition coefficient (Wildman–Crippen LogP) is 0.885. The van der Waals surface area contributed by atoms with E-state index in [2.05, 4.69) is 11.9 Å². The number of nitrogens with one attached hydrogen (secondary N) is 1. The SMILES string of the molecule is C=CCSCC(=O)NC(C(=O)O)C1CC1. The number of carbonyl (C=O) groups is 2. The van der Waals surface area contributed by atoms with E-state index in [9.17, 15) is 9.59 Å². The van der Waals surface area contributed by atoms with E-state index >= 15 is 0 Å². The van der Waals surface area contributed by atoms with Gasteiger partial charge >= 0.3 is 5.97 Å². The lowest BCUT2D eigenvalue weighted by Crippen LogP contribution is -2.43. The third-order valence-corrected chi connectivity index (χ3v) is 3.08. The first-order valence-electron chi connectivity index (χ1n) is 4.86. The molecule has 0 heterocycles. The summed E-state index contributed by atoms with van der Waals surface area (Å²) in [6, 6.07) is -0.693. The first-order valence-corrected chi connectivity index (χ1v) is 6.01. The second kappa shape index (κ2) is 5.80. The number of rotatable bonds is 7. The highest BCUT2D eigenvalue weighted by atomic mass is 32.2. The Hall–Kier alpha value is -0.970. The van der Waals surface area contributed by atoms with E-state index in [1.54, 1.807) is 6.08 Å². The van der Waals surface area contributed by atoms with Gasteiger partial charge in [0, 0.05) is 5.75 Å². The lowest BCUT2D eigenvalue weighted by atomic mass is 10.2. The molecule has 84 valence electrons. The Morgan fingerprint density at radius 1 is 1.60 bits per heavy atom. The highest BCUT2D eigenvalue weighted by molar-refractivity contribution is 8.00. The topological polar surface area (TPSA) is 66.4 Å². The number of carboxylic acids is 1. The Kier molecular flexibility index (Phi) is 4.68. The monoisotopic (exact) mass is 229 g/mol. The zero-order valence-corrected chi connectivity index (χ0v) is 9.26. The van der Waals surface area contributed by atoms with E-state index in [1.165, 1.54) is 11.8 Å². The lowest BCUT2D eigenvalue weighted by molar-refractivity contribution is -0.142. The van der Waals surface area contributed by atoms with Gasteiger partial charge in [-0.2, -0.15) is 0 Å². The minimum atomic E-state index is -0.931. The van der Waals surface area contributed by atoms with Gasteiger partial charge in [0.1, 0.15) is 6.04 Å². The van der Waals surface area contributed by atoms with E-state index in [-0.39, 0.29) is 11.8 Å². The van der Waals surface area contributed by atoms with Gasteiger partial charge in [-0.3, -0.25) is 4.79 Å². The molecule has 0 radical (unpaired) electrons. The van der Waals surface area contributed by atoms with Crippen LogP contribution in [-0.4, -0.2) is 34.5 Å². The smallest absolute Gasteiger partial charge is 0.326 e. The molecule has 1 fully saturated rings. The molecule has 1 unspecified atom stereocenters. The third kappa shape index (κ3) is 4.38. The van der Waals surface area contributed by atoms with Crippen molar-refractivity contribution in [1.82, 2.24) is 5.32 Å². The van der Waals surface area contributed by atoms with Crippen molar-refractivity contribution in [1.29, 1.82) is 0 Å². The first-order chi connectivity index (χ1) is 7.15. The Morgan fingerprint density at radius 2 is 2.27 bits per heavy atom. The minimum absolute atomic E-state index is 0.135. The normalized spacial score (nSPS) is 16.8. The molecule has 0 aromatic rings. The average molecular weight is 229 g/mol. The van der Waals surface area contributed by atoms with Gasteiger partial charge in [-0.1, -0.05) is 6.08 Å². The molecule has 1 rings (SSSR count). The Morgan fingerprint density at radius 3 is 2.73 bits per heavy atom. The minimum Gasteiger partial charge on any atom is -0.480 e. The van der Waals surface area contributed by atoms with Crippen molar-refractivity contribution in [2.45, 2.75) is 18.9 Å². The van der Waals surface area contributed by atoms with Crippen molar-refractivity contribution in [3.63, 3.8) is 0 Å². The molecule has 1 aliphatic rings. The molecular formula is C10H15NO3S. The molecule has 0 bridgehead atoms. The van der Waals surface area contributed by atoms with Crippen LogP contribution in [0.15, 0.2) is 12.7 Å². The summed E-state index contributed by atoms with van der Waals surface area (Å²) in [5.41, 5.74) is 0. The molecule has 15 heavy (non-hydrogen) atoms. The van der Waals surface area contributed by atoms with E-state index in [0.29, 0.717) is 11.5 Å².